The number of hydrogen-bond acceptors (Lipinski definition) is 0. The molecule has 0 unspecified atom stereocenters. The Balaban J connectivity index is 2.54. The Kier molecular flexibility index (Phi) is 4.79. The van der Waals surface area contributed by atoms with Crippen molar-refractivity contribution in [3.8, 4) is 0 Å². The van der Waals surface area contributed by atoms with Crippen molar-refractivity contribution in [2.75, 3.05) is 0 Å². The van der Waals surface area contributed by atoms with Crippen LogP contribution in [0.5, 0.6) is 0 Å². The molecule has 5 heavy (non-hydrogen) atoms. The van der Waals surface area contributed by atoms with E-state index in [2.05, 4.69) is 34.9 Å². The number of hydrogen-bond donors (Lipinski definition) is 0. The van der Waals surface area contributed by atoms with E-state index in [0.29, 0.717) is 0 Å². The van der Waals surface area contributed by atoms with E-state index < -0.39 is 10.7 Å². The summed E-state index contributed by atoms with van der Waals surface area (Å²) < 4.78 is 0. The summed E-state index contributed by atoms with van der Waals surface area (Å²) in [6.45, 7) is 2.19. The quantitative estimate of drug-likeness (QED) is 0.634. The summed E-state index contributed by atoms with van der Waals surface area (Å²) in [5.41, 5.74) is 0. The second kappa shape index (κ2) is 3.68. The van der Waals surface area contributed by atoms with Crippen molar-refractivity contribution in [3.63, 3.8) is 0 Å². The number of rotatable bonds is 1. The van der Waals surface area contributed by atoms with Gasteiger partial charge < -0.3 is 0 Å². The molecule has 0 aromatic carbocycles. The van der Waals surface area contributed by atoms with Crippen LogP contribution in [-0.4, -0.2) is 10.7 Å². The standard InChI is InChI=1S/C2H6Br2Ge/c1-2-5(3)4/h5H,2H2,1H3. The minimum absolute atomic E-state index is 0.887. The molecule has 0 atom stereocenters. The van der Waals surface area contributed by atoms with Crippen molar-refractivity contribution < 1.29 is 0 Å². The molecule has 0 heterocycles. The van der Waals surface area contributed by atoms with Gasteiger partial charge in [-0.15, -0.1) is 0 Å². The Hall–Kier alpha value is 1.50. The van der Waals surface area contributed by atoms with Crippen molar-refractivity contribution >= 4 is 38.7 Å². The Morgan fingerprint density at radius 1 is 1.60 bits per heavy atom. The monoisotopic (exact) mass is 262 g/mol. The first-order valence-electron chi connectivity index (χ1n) is 1.55. The molecule has 0 nitrogen and oxygen atoms in total. The Morgan fingerprint density at radius 2 is 1.80 bits per heavy atom. The van der Waals surface area contributed by atoms with Gasteiger partial charge in [0.05, 0.1) is 0 Å². The van der Waals surface area contributed by atoms with Crippen molar-refractivity contribution in [1.82, 2.24) is 0 Å². The molecule has 0 amide bonds. The van der Waals surface area contributed by atoms with Crippen molar-refractivity contribution in [2.45, 2.75) is 12.2 Å². The molecule has 0 spiro atoms. The molecule has 0 saturated carbocycles. The van der Waals surface area contributed by atoms with Gasteiger partial charge in [0, 0.05) is 0 Å². The molecule has 0 rings (SSSR count). The zero-order valence-corrected chi connectivity index (χ0v) is 8.64. The third-order valence-electron chi connectivity index (χ3n) is 0.309. The molecule has 0 radical (unpaired) electrons. The van der Waals surface area contributed by atoms with Gasteiger partial charge in [-0.3, -0.25) is 0 Å². The van der Waals surface area contributed by atoms with Crippen LogP contribution in [0.3, 0.4) is 0 Å². The topological polar surface area (TPSA) is 0 Å². The van der Waals surface area contributed by atoms with Crippen LogP contribution in [0, 0.1) is 0 Å². The molecule has 0 aromatic heterocycles. The molecular weight excluding hydrogens is 256 g/mol. The third kappa shape index (κ3) is 5.50. The van der Waals surface area contributed by atoms with Gasteiger partial charge >= 0.3 is 50.9 Å². The fourth-order valence-corrected chi connectivity index (χ4v) is 0. The predicted molar refractivity (Wildman–Crippen MR) is 35.5 cm³/mol. The Bertz CT molecular complexity index is 21.6. The summed E-state index contributed by atoms with van der Waals surface area (Å²) in [5.74, 6) is 0. The molecular formula is C2H6Br2Ge. The van der Waals surface area contributed by atoms with E-state index in [-0.39, 0.29) is 0 Å². The van der Waals surface area contributed by atoms with Crippen LogP contribution in [-0.2, 0) is 0 Å². The van der Waals surface area contributed by atoms with E-state index in [1.807, 2.05) is 0 Å². The second-order valence-electron chi connectivity index (χ2n) is 0.799. The normalized spacial score (nSPS) is 9.60. The molecule has 3 heteroatoms. The van der Waals surface area contributed by atoms with E-state index in [1.165, 1.54) is 5.25 Å². The first-order valence-corrected chi connectivity index (χ1v) is 14.6. The predicted octanol–water partition coefficient (Wildman–Crippen LogP) is 2.02. The summed E-state index contributed by atoms with van der Waals surface area (Å²) in [5, 5.41) is 1.33. The molecule has 0 aliphatic heterocycles. The molecule has 0 aromatic rings. The first kappa shape index (κ1) is 6.50. The summed E-state index contributed by atoms with van der Waals surface area (Å²) >= 11 is 6.95. The summed E-state index contributed by atoms with van der Waals surface area (Å²) in [4.78, 5) is 0. The Morgan fingerprint density at radius 3 is 1.80 bits per heavy atom. The molecule has 0 fully saturated rings. The van der Waals surface area contributed by atoms with Crippen LogP contribution in [0.1, 0.15) is 6.92 Å². The average molecular weight is 262 g/mol. The van der Waals surface area contributed by atoms with Crippen LogP contribution >= 0.6 is 28.0 Å². The van der Waals surface area contributed by atoms with Crippen LogP contribution < -0.4 is 0 Å². The van der Waals surface area contributed by atoms with Gasteiger partial charge in [-0.1, -0.05) is 0 Å². The van der Waals surface area contributed by atoms with E-state index >= 15 is 0 Å². The molecule has 0 aliphatic rings. The van der Waals surface area contributed by atoms with Crippen LogP contribution in [0.2, 0.25) is 5.25 Å². The van der Waals surface area contributed by atoms with E-state index in [0.717, 1.165) is 0 Å². The molecule has 0 bridgehead atoms. The average Bonchev–Trinajstić information content (AvgIpc) is 1.38. The van der Waals surface area contributed by atoms with Gasteiger partial charge in [0.1, 0.15) is 0 Å². The second-order valence-corrected chi connectivity index (χ2v) is 22.0. The SMILES string of the molecule is C[CH2][GeH]([Br])[Br]. The zero-order chi connectivity index (χ0) is 4.28. The molecule has 32 valence electrons. The van der Waals surface area contributed by atoms with Gasteiger partial charge in [-0.05, 0) is 0 Å². The van der Waals surface area contributed by atoms with E-state index in [1.54, 1.807) is 0 Å². The van der Waals surface area contributed by atoms with E-state index in [9.17, 15) is 0 Å². The van der Waals surface area contributed by atoms with Gasteiger partial charge in [0.2, 0.25) is 0 Å². The third-order valence-corrected chi connectivity index (χ3v) is 8.33. The fraction of sp³-hybridized carbons (Fsp3) is 1.00. The number of halogens is 2. The van der Waals surface area contributed by atoms with Crippen molar-refractivity contribution in [3.05, 3.63) is 0 Å². The van der Waals surface area contributed by atoms with Crippen LogP contribution in [0.25, 0.3) is 0 Å². The maximum atomic E-state index is 3.48. The first-order chi connectivity index (χ1) is 2.27. The summed E-state index contributed by atoms with van der Waals surface area (Å²) in [7, 11) is -0.887. The summed E-state index contributed by atoms with van der Waals surface area (Å²) in [6.07, 6.45) is 0. The molecule has 0 aliphatic carbocycles. The van der Waals surface area contributed by atoms with Gasteiger partial charge in [0.15, 0.2) is 0 Å². The van der Waals surface area contributed by atoms with E-state index in [4.69, 9.17) is 0 Å². The van der Waals surface area contributed by atoms with Crippen molar-refractivity contribution in [1.29, 1.82) is 0 Å². The minimum atomic E-state index is -0.887. The van der Waals surface area contributed by atoms with Crippen LogP contribution in [0.15, 0.2) is 0 Å². The van der Waals surface area contributed by atoms with Gasteiger partial charge in [0.25, 0.3) is 0 Å². The van der Waals surface area contributed by atoms with Crippen molar-refractivity contribution in [2.24, 2.45) is 0 Å². The zero-order valence-electron chi connectivity index (χ0n) is 3.04. The maximum absolute atomic E-state index is 3.48. The van der Waals surface area contributed by atoms with Gasteiger partial charge in [-0.2, -0.15) is 0 Å². The molecule has 0 saturated heterocycles. The van der Waals surface area contributed by atoms with Crippen LogP contribution in [0.4, 0.5) is 0 Å². The summed E-state index contributed by atoms with van der Waals surface area (Å²) in [6, 6.07) is 0. The Labute approximate surface area is 50.7 Å². The fourth-order valence-electron chi connectivity index (χ4n) is 0. The van der Waals surface area contributed by atoms with Gasteiger partial charge in [-0.25, -0.2) is 0 Å². The molecule has 0 N–H and O–H groups in total.